The molecule has 0 aliphatic heterocycles. The van der Waals surface area contributed by atoms with Crippen LogP contribution in [-0.4, -0.2) is 15.5 Å². The van der Waals surface area contributed by atoms with Crippen LogP contribution in [0.25, 0.3) is 0 Å². The van der Waals surface area contributed by atoms with E-state index in [-0.39, 0.29) is 5.91 Å². The lowest BCUT2D eigenvalue weighted by atomic mass is 10.1. The Labute approximate surface area is 162 Å². The molecule has 0 radical (unpaired) electrons. The van der Waals surface area contributed by atoms with Gasteiger partial charge in [0.25, 0.3) is 5.91 Å². The topological polar surface area (TPSA) is 46.9 Å². The first-order valence-corrected chi connectivity index (χ1v) is 9.06. The number of benzene rings is 2. The number of hydrogen-bond donors (Lipinski definition) is 1. The van der Waals surface area contributed by atoms with Crippen LogP contribution in [0.2, 0.25) is 10.0 Å². The number of hydrogen-bond acceptors (Lipinski definition) is 2. The molecule has 0 spiro atoms. The van der Waals surface area contributed by atoms with Crippen LogP contribution in [-0.2, 0) is 6.54 Å². The summed E-state index contributed by atoms with van der Waals surface area (Å²) in [4.78, 5) is 16.9. The lowest BCUT2D eigenvalue weighted by molar-refractivity contribution is 0.102. The monoisotopic (exact) mass is 387 g/mol. The molecule has 1 heterocycles. The van der Waals surface area contributed by atoms with Crippen LogP contribution >= 0.6 is 23.2 Å². The Morgan fingerprint density at radius 3 is 2.77 bits per heavy atom. The van der Waals surface area contributed by atoms with E-state index in [1.807, 2.05) is 36.7 Å². The Kier molecular flexibility index (Phi) is 5.64. The van der Waals surface area contributed by atoms with Crippen LogP contribution in [0.1, 0.15) is 41.5 Å². The van der Waals surface area contributed by atoms with Gasteiger partial charge in [0.1, 0.15) is 5.82 Å². The van der Waals surface area contributed by atoms with E-state index < -0.39 is 0 Å². The molecule has 3 aromatic rings. The number of carbonyl (C=O) groups excluding carboxylic acids is 1. The highest BCUT2D eigenvalue weighted by Gasteiger charge is 2.12. The molecule has 26 heavy (non-hydrogen) atoms. The second kappa shape index (κ2) is 7.94. The molecule has 3 rings (SSSR count). The van der Waals surface area contributed by atoms with Gasteiger partial charge in [-0.2, -0.15) is 0 Å². The number of rotatable bonds is 5. The van der Waals surface area contributed by atoms with E-state index in [2.05, 4.69) is 28.7 Å². The number of aromatic nitrogens is 2. The van der Waals surface area contributed by atoms with Crippen molar-refractivity contribution in [3.63, 3.8) is 0 Å². The summed E-state index contributed by atoms with van der Waals surface area (Å²) in [5.41, 5.74) is 2.12. The quantitative estimate of drug-likeness (QED) is 0.617. The Balaban J connectivity index is 1.78. The molecule has 0 unspecified atom stereocenters. The third kappa shape index (κ3) is 4.26. The van der Waals surface area contributed by atoms with Crippen LogP contribution in [0.4, 0.5) is 5.69 Å². The van der Waals surface area contributed by atoms with E-state index in [0.29, 0.717) is 33.8 Å². The van der Waals surface area contributed by atoms with E-state index in [9.17, 15) is 4.79 Å². The highest BCUT2D eigenvalue weighted by atomic mass is 35.5. The third-order valence-electron chi connectivity index (χ3n) is 3.97. The van der Waals surface area contributed by atoms with Gasteiger partial charge in [-0.3, -0.25) is 4.79 Å². The molecular formula is C20H19Cl2N3O. The van der Waals surface area contributed by atoms with Gasteiger partial charge in [0.05, 0.1) is 10.6 Å². The van der Waals surface area contributed by atoms with Gasteiger partial charge in [0, 0.05) is 35.6 Å². The number of nitrogens with one attached hydrogen (secondary N) is 1. The number of halogens is 2. The molecule has 1 aromatic heterocycles. The summed E-state index contributed by atoms with van der Waals surface area (Å²) in [5, 5.41) is 3.71. The molecule has 0 aliphatic carbocycles. The van der Waals surface area contributed by atoms with E-state index in [4.69, 9.17) is 23.2 Å². The van der Waals surface area contributed by atoms with Gasteiger partial charge < -0.3 is 9.88 Å². The molecule has 0 atom stereocenters. The number of imidazole rings is 1. The second-order valence-corrected chi connectivity index (χ2v) is 7.19. The molecule has 1 N–H and O–H groups in total. The zero-order chi connectivity index (χ0) is 18.7. The van der Waals surface area contributed by atoms with Crippen molar-refractivity contribution in [2.45, 2.75) is 26.3 Å². The second-order valence-electron chi connectivity index (χ2n) is 6.35. The number of amides is 1. The van der Waals surface area contributed by atoms with Gasteiger partial charge in [0.15, 0.2) is 0 Å². The van der Waals surface area contributed by atoms with Crippen molar-refractivity contribution >= 4 is 34.8 Å². The van der Waals surface area contributed by atoms with Crippen molar-refractivity contribution in [2.24, 2.45) is 0 Å². The fourth-order valence-electron chi connectivity index (χ4n) is 2.77. The summed E-state index contributed by atoms with van der Waals surface area (Å²) in [6.45, 7) is 4.92. The molecule has 2 aromatic carbocycles. The lowest BCUT2D eigenvalue weighted by Crippen LogP contribution is -2.13. The number of anilines is 1. The summed E-state index contributed by atoms with van der Waals surface area (Å²) >= 11 is 12.1. The van der Waals surface area contributed by atoms with E-state index in [1.54, 1.807) is 18.2 Å². The van der Waals surface area contributed by atoms with Crippen molar-refractivity contribution < 1.29 is 4.79 Å². The fraction of sp³-hybridized carbons (Fsp3) is 0.200. The van der Waals surface area contributed by atoms with Crippen molar-refractivity contribution in [1.29, 1.82) is 0 Å². The fourth-order valence-corrected chi connectivity index (χ4v) is 3.14. The molecule has 0 fully saturated rings. The Morgan fingerprint density at radius 2 is 2.00 bits per heavy atom. The summed E-state index contributed by atoms with van der Waals surface area (Å²) in [6, 6.07) is 12.5. The maximum atomic E-state index is 12.5. The molecule has 0 aliphatic rings. The SMILES string of the molecule is CC(C)c1nccn1Cc1cccc(NC(=O)c2cc(Cl)ccc2Cl)c1. The van der Waals surface area contributed by atoms with Crippen LogP contribution in [0.15, 0.2) is 54.9 Å². The van der Waals surface area contributed by atoms with Crippen LogP contribution < -0.4 is 5.32 Å². The zero-order valence-electron chi connectivity index (χ0n) is 14.5. The van der Waals surface area contributed by atoms with Gasteiger partial charge in [-0.25, -0.2) is 4.98 Å². The minimum absolute atomic E-state index is 0.292. The molecular weight excluding hydrogens is 369 g/mol. The van der Waals surface area contributed by atoms with Crippen molar-refractivity contribution in [3.8, 4) is 0 Å². The molecule has 6 heteroatoms. The van der Waals surface area contributed by atoms with E-state index in [0.717, 1.165) is 11.4 Å². The van der Waals surface area contributed by atoms with Crippen molar-refractivity contribution in [2.75, 3.05) is 5.32 Å². The standard InChI is InChI=1S/C20H19Cl2N3O/c1-13(2)19-23-8-9-25(19)12-14-4-3-5-16(10-14)24-20(26)17-11-15(21)6-7-18(17)22/h3-11,13H,12H2,1-2H3,(H,24,26). The highest BCUT2D eigenvalue weighted by Crippen LogP contribution is 2.22. The minimum Gasteiger partial charge on any atom is -0.330 e. The summed E-state index contributed by atoms with van der Waals surface area (Å²) in [5.74, 6) is 1.09. The number of nitrogens with zero attached hydrogens (tertiary/aromatic N) is 2. The largest absolute Gasteiger partial charge is 0.330 e. The van der Waals surface area contributed by atoms with Crippen LogP contribution in [0, 0.1) is 0 Å². The van der Waals surface area contributed by atoms with E-state index in [1.165, 1.54) is 0 Å². The van der Waals surface area contributed by atoms with Crippen LogP contribution in [0.3, 0.4) is 0 Å². The third-order valence-corrected chi connectivity index (χ3v) is 4.54. The maximum absolute atomic E-state index is 12.5. The average molecular weight is 388 g/mol. The van der Waals surface area contributed by atoms with Gasteiger partial charge >= 0.3 is 0 Å². The lowest BCUT2D eigenvalue weighted by Gasteiger charge is -2.12. The van der Waals surface area contributed by atoms with Gasteiger partial charge in [-0.15, -0.1) is 0 Å². The number of carbonyl (C=O) groups is 1. The predicted molar refractivity (Wildman–Crippen MR) is 106 cm³/mol. The Morgan fingerprint density at radius 1 is 1.19 bits per heavy atom. The normalized spacial score (nSPS) is 11.0. The summed E-state index contributed by atoms with van der Waals surface area (Å²) < 4.78 is 2.11. The minimum atomic E-state index is -0.292. The molecule has 4 nitrogen and oxygen atoms in total. The van der Waals surface area contributed by atoms with Gasteiger partial charge in [0.2, 0.25) is 0 Å². The first-order chi connectivity index (χ1) is 12.4. The van der Waals surface area contributed by atoms with Crippen molar-refractivity contribution in [3.05, 3.63) is 81.9 Å². The molecule has 0 saturated heterocycles. The smallest absolute Gasteiger partial charge is 0.257 e. The summed E-state index contributed by atoms with van der Waals surface area (Å²) in [7, 11) is 0. The first kappa shape index (κ1) is 18.5. The van der Waals surface area contributed by atoms with Crippen molar-refractivity contribution in [1.82, 2.24) is 9.55 Å². The predicted octanol–water partition coefficient (Wildman–Crippen LogP) is 5.61. The average Bonchev–Trinajstić information content (AvgIpc) is 3.05. The molecule has 0 bridgehead atoms. The van der Waals surface area contributed by atoms with E-state index >= 15 is 0 Å². The Bertz CT molecular complexity index is 934. The van der Waals surface area contributed by atoms with Gasteiger partial charge in [-0.05, 0) is 35.9 Å². The van der Waals surface area contributed by atoms with Crippen LogP contribution in [0.5, 0.6) is 0 Å². The maximum Gasteiger partial charge on any atom is 0.257 e. The molecule has 1 amide bonds. The highest BCUT2D eigenvalue weighted by molar-refractivity contribution is 6.36. The van der Waals surface area contributed by atoms with Gasteiger partial charge in [-0.1, -0.05) is 49.2 Å². The first-order valence-electron chi connectivity index (χ1n) is 8.30. The molecule has 0 saturated carbocycles. The zero-order valence-corrected chi connectivity index (χ0v) is 16.1. The molecule has 134 valence electrons. The summed E-state index contributed by atoms with van der Waals surface area (Å²) in [6.07, 6.45) is 3.77. The Hall–Kier alpha value is -2.30.